The number of methoxy groups -OCH3 is 1. The molecular formula is C22H17BrN2O2. The summed E-state index contributed by atoms with van der Waals surface area (Å²) in [5, 5.41) is 0. The number of fused-ring (bicyclic) bond motifs is 1. The van der Waals surface area contributed by atoms with Crippen molar-refractivity contribution in [3.05, 3.63) is 76.3 Å². The van der Waals surface area contributed by atoms with Crippen LogP contribution in [0, 0.1) is 6.92 Å². The van der Waals surface area contributed by atoms with E-state index >= 15 is 0 Å². The van der Waals surface area contributed by atoms with Gasteiger partial charge in [-0.25, -0.2) is 4.98 Å². The van der Waals surface area contributed by atoms with Gasteiger partial charge in [0, 0.05) is 11.8 Å². The van der Waals surface area contributed by atoms with Crippen molar-refractivity contribution in [1.29, 1.82) is 0 Å². The van der Waals surface area contributed by atoms with Gasteiger partial charge in [-0.3, -0.25) is 4.99 Å². The minimum Gasteiger partial charge on any atom is -0.496 e. The largest absolute Gasteiger partial charge is 0.496 e. The molecule has 5 heteroatoms. The smallest absolute Gasteiger partial charge is 0.227 e. The summed E-state index contributed by atoms with van der Waals surface area (Å²) >= 11 is 3.49. The van der Waals surface area contributed by atoms with Gasteiger partial charge in [-0.2, -0.15) is 0 Å². The summed E-state index contributed by atoms with van der Waals surface area (Å²) in [5.74, 6) is 1.41. The highest BCUT2D eigenvalue weighted by Crippen LogP contribution is 2.28. The molecule has 0 aliphatic carbocycles. The number of benzene rings is 3. The zero-order valence-corrected chi connectivity index (χ0v) is 16.5. The fraction of sp³-hybridized carbons (Fsp3) is 0.0909. The third-order valence-electron chi connectivity index (χ3n) is 4.17. The summed E-state index contributed by atoms with van der Waals surface area (Å²) in [4.78, 5) is 9.16. The molecule has 0 spiro atoms. The molecule has 0 saturated heterocycles. The zero-order chi connectivity index (χ0) is 18.8. The van der Waals surface area contributed by atoms with Crippen molar-refractivity contribution >= 4 is 38.9 Å². The molecule has 0 N–H and O–H groups in total. The maximum atomic E-state index is 5.89. The average molecular weight is 421 g/mol. The van der Waals surface area contributed by atoms with Gasteiger partial charge in [-0.1, -0.05) is 17.7 Å². The molecule has 1 heterocycles. The lowest BCUT2D eigenvalue weighted by atomic mass is 10.1. The highest BCUT2D eigenvalue weighted by Gasteiger charge is 2.09. The summed E-state index contributed by atoms with van der Waals surface area (Å²) in [6.07, 6.45) is 1.81. The highest BCUT2D eigenvalue weighted by molar-refractivity contribution is 9.10. The van der Waals surface area contributed by atoms with Crippen LogP contribution in [0.25, 0.3) is 22.6 Å². The van der Waals surface area contributed by atoms with Crippen LogP contribution in [-0.4, -0.2) is 18.3 Å². The second kappa shape index (κ2) is 7.37. The van der Waals surface area contributed by atoms with Crippen molar-refractivity contribution in [1.82, 2.24) is 4.98 Å². The van der Waals surface area contributed by atoms with Crippen LogP contribution >= 0.6 is 15.9 Å². The molecule has 1 aromatic heterocycles. The predicted octanol–water partition coefficient (Wildman–Crippen LogP) is 6.32. The summed E-state index contributed by atoms with van der Waals surface area (Å²) < 4.78 is 12.0. The van der Waals surface area contributed by atoms with Crippen LogP contribution < -0.4 is 4.74 Å². The van der Waals surface area contributed by atoms with Gasteiger partial charge in [0.25, 0.3) is 0 Å². The summed E-state index contributed by atoms with van der Waals surface area (Å²) in [6.45, 7) is 2.05. The zero-order valence-electron chi connectivity index (χ0n) is 14.9. The first-order valence-corrected chi connectivity index (χ1v) is 9.27. The van der Waals surface area contributed by atoms with Crippen LogP contribution in [0.1, 0.15) is 11.1 Å². The number of aryl methyl sites for hydroxylation is 1. The van der Waals surface area contributed by atoms with Crippen LogP contribution in [0.2, 0.25) is 0 Å². The predicted molar refractivity (Wildman–Crippen MR) is 112 cm³/mol. The average Bonchev–Trinajstić information content (AvgIpc) is 3.10. The van der Waals surface area contributed by atoms with Gasteiger partial charge in [0.15, 0.2) is 5.58 Å². The van der Waals surface area contributed by atoms with Crippen LogP contribution in [0.5, 0.6) is 5.75 Å². The number of oxazole rings is 1. The minimum absolute atomic E-state index is 0.619. The van der Waals surface area contributed by atoms with Crippen LogP contribution in [0.4, 0.5) is 5.69 Å². The van der Waals surface area contributed by atoms with Gasteiger partial charge in [0.2, 0.25) is 5.89 Å². The number of halogens is 1. The maximum Gasteiger partial charge on any atom is 0.227 e. The first kappa shape index (κ1) is 17.5. The fourth-order valence-corrected chi connectivity index (χ4v) is 3.37. The Balaban J connectivity index is 1.62. The SMILES string of the molecule is COc1ccc(C=Nc2ccc3oc(-c4cccc(C)c4)nc3c2)cc1Br. The first-order chi connectivity index (χ1) is 13.1. The molecular weight excluding hydrogens is 404 g/mol. The molecule has 27 heavy (non-hydrogen) atoms. The molecule has 0 aliphatic heterocycles. The number of hydrogen-bond donors (Lipinski definition) is 0. The Morgan fingerprint density at radius 1 is 1.07 bits per heavy atom. The molecule has 4 aromatic rings. The summed E-state index contributed by atoms with van der Waals surface area (Å²) in [5.41, 5.74) is 5.47. The van der Waals surface area contributed by atoms with E-state index in [1.165, 1.54) is 5.56 Å². The van der Waals surface area contributed by atoms with Gasteiger partial charge < -0.3 is 9.15 Å². The molecule has 0 unspecified atom stereocenters. The molecule has 0 fully saturated rings. The third-order valence-corrected chi connectivity index (χ3v) is 4.79. The highest BCUT2D eigenvalue weighted by atomic mass is 79.9. The van der Waals surface area contributed by atoms with E-state index in [1.54, 1.807) is 7.11 Å². The molecule has 4 rings (SSSR count). The molecule has 0 radical (unpaired) electrons. The Labute approximate surface area is 165 Å². The number of rotatable bonds is 4. The van der Waals surface area contributed by atoms with Gasteiger partial charge in [-0.15, -0.1) is 0 Å². The monoisotopic (exact) mass is 420 g/mol. The van der Waals surface area contributed by atoms with Gasteiger partial charge in [-0.05, 0) is 76.9 Å². The van der Waals surface area contributed by atoms with Crippen molar-refractivity contribution in [2.75, 3.05) is 7.11 Å². The lowest BCUT2D eigenvalue weighted by molar-refractivity contribution is 0.412. The number of aliphatic imine (C=N–C) groups is 1. The van der Waals surface area contributed by atoms with Gasteiger partial charge >= 0.3 is 0 Å². The van der Waals surface area contributed by atoms with E-state index in [2.05, 4.69) is 45.0 Å². The molecule has 0 aliphatic rings. The molecule has 0 atom stereocenters. The fourth-order valence-electron chi connectivity index (χ4n) is 2.81. The van der Waals surface area contributed by atoms with E-state index in [1.807, 2.05) is 54.7 Å². The Morgan fingerprint density at radius 3 is 2.74 bits per heavy atom. The normalized spacial score (nSPS) is 11.4. The number of ether oxygens (including phenoxy) is 1. The minimum atomic E-state index is 0.619. The van der Waals surface area contributed by atoms with Crippen molar-refractivity contribution in [2.45, 2.75) is 6.92 Å². The second-order valence-electron chi connectivity index (χ2n) is 6.19. The number of nitrogens with zero attached hydrogens (tertiary/aromatic N) is 2. The second-order valence-corrected chi connectivity index (χ2v) is 7.05. The molecule has 3 aromatic carbocycles. The topological polar surface area (TPSA) is 47.6 Å². The molecule has 0 saturated carbocycles. The van der Waals surface area contributed by atoms with E-state index in [0.717, 1.165) is 38.1 Å². The lowest BCUT2D eigenvalue weighted by Crippen LogP contribution is -1.86. The number of aromatic nitrogens is 1. The van der Waals surface area contributed by atoms with E-state index < -0.39 is 0 Å². The van der Waals surface area contributed by atoms with Crippen molar-refractivity contribution < 1.29 is 9.15 Å². The van der Waals surface area contributed by atoms with E-state index in [4.69, 9.17) is 9.15 Å². The number of hydrogen-bond acceptors (Lipinski definition) is 4. The van der Waals surface area contributed by atoms with Crippen LogP contribution in [-0.2, 0) is 0 Å². The Hall–Kier alpha value is -2.92. The van der Waals surface area contributed by atoms with E-state index in [0.29, 0.717) is 5.89 Å². The third kappa shape index (κ3) is 3.78. The summed E-state index contributed by atoms with van der Waals surface area (Å²) in [6, 6.07) is 19.7. The van der Waals surface area contributed by atoms with Crippen LogP contribution in [0.3, 0.4) is 0 Å². The standard InChI is InChI=1S/C22H17BrN2O2/c1-14-4-3-5-16(10-14)22-25-19-12-17(7-9-21(19)27-22)24-13-15-6-8-20(26-2)18(23)11-15/h3-13H,1-2H3. The van der Waals surface area contributed by atoms with Crippen molar-refractivity contribution in [3.8, 4) is 17.2 Å². The van der Waals surface area contributed by atoms with Crippen LogP contribution in [0.15, 0.2) is 74.5 Å². The van der Waals surface area contributed by atoms with Gasteiger partial charge in [0.1, 0.15) is 11.3 Å². The quantitative estimate of drug-likeness (QED) is 0.362. The van der Waals surface area contributed by atoms with E-state index in [9.17, 15) is 0 Å². The molecule has 134 valence electrons. The Bertz CT molecular complexity index is 1150. The van der Waals surface area contributed by atoms with Gasteiger partial charge in [0.05, 0.1) is 17.3 Å². The first-order valence-electron chi connectivity index (χ1n) is 8.47. The van der Waals surface area contributed by atoms with Crippen molar-refractivity contribution in [2.24, 2.45) is 4.99 Å². The molecule has 0 amide bonds. The Kier molecular flexibility index (Phi) is 4.77. The summed E-state index contributed by atoms with van der Waals surface area (Å²) in [7, 11) is 1.64. The maximum absolute atomic E-state index is 5.89. The molecule has 4 nitrogen and oxygen atoms in total. The lowest BCUT2D eigenvalue weighted by Gasteiger charge is -2.03. The molecule has 0 bridgehead atoms. The van der Waals surface area contributed by atoms with E-state index in [-0.39, 0.29) is 0 Å². The Morgan fingerprint density at radius 2 is 1.96 bits per heavy atom. The van der Waals surface area contributed by atoms with Crippen molar-refractivity contribution in [3.63, 3.8) is 0 Å².